The fourth-order valence-electron chi connectivity index (χ4n) is 2.19. The minimum atomic E-state index is 0.185. The summed E-state index contributed by atoms with van der Waals surface area (Å²) in [5.74, 6) is 0.185. The molecular weight excluding hydrogens is 214 g/mol. The normalized spacial score (nSPS) is 14.5. The van der Waals surface area contributed by atoms with Crippen molar-refractivity contribution in [1.82, 2.24) is 4.90 Å². The number of benzene rings is 1. The van der Waals surface area contributed by atoms with Gasteiger partial charge in [0.2, 0.25) is 5.91 Å². The van der Waals surface area contributed by atoms with E-state index in [9.17, 15) is 4.79 Å². The molecule has 17 heavy (non-hydrogen) atoms. The monoisotopic (exact) mass is 233 g/mol. The molecule has 0 spiro atoms. The summed E-state index contributed by atoms with van der Waals surface area (Å²) in [6.45, 7) is 1.78. The van der Waals surface area contributed by atoms with E-state index in [4.69, 9.17) is 5.73 Å². The van der Waals surface area contributed by atoms with Crippen LogP contribution in [0.3, 0.4) is 0 Å². The van der Waals surface area contributed by atoms with Gasteiger partial charge in [-0.3, -0.25) is 4.79 Å². The second-order valence-electron chi connectivity index (χ2n) is 4.77. The van der Waals surface area contributed by atoms with Gasteiger partial charge in [0.25, 0.3) is 0 Å². The Kier molecular flexibility index (Phi) is 3.33. The molecule has 0 unspecified atom stereocenters. The zero-order chi connectivity index (χ0) is 12.4. The fraction of sp³-hybridized carbons (Fsp3) is 0.462. The molecule has 1 amide bonds. The third-order valence-electron chi connectivity index (χ3n) is 3.02. The number of hydrogen-bond acceptors (Lipinski definition) is 3. The lowest BCUT2D eigenvalue weighted by molar-refractivity contribution is -0.117. The number of carbonyl (C=O) groups is 1. The van der Waals surface area contributed by atoms with Crippen molar-refractivity contribution in [3.8, 4) is 0 Å². The molecule has 2 rings (SSSR count). The van der Waals surface area contributed by atoms with Crippen LogP contribution in [0.15, 0.2) is 18.2 Å². The van der Waals surface area contributed by atoms with E-state index < -0.39 is 0 Å². The van der Waals surface area contributed by atoms with Crippen LogP contribution in [0.1, 0.15) is 12.0 Å². The number of rotatable bonds is 4. The first-order valence-corrected chi connectivity index (χ1v) is 5.91. The first-order chi connectivity index (χ1) is 8.08. The van der Waals surface area contributed by atoms with Crippen molar-refractivity contribution >= 4 is 17.3 Å². The Morgan fingerprint density at radius 1 is 1.41 bits per heavy atom. The van der Waals surface area contributed by atoms with Gasteiger partial charge in [-0.1, -0.05) is 0 Å². The summed E-state index contributed by atoms with van der Waals surface area (Å²) in [5, 5.41) is 0. The van der Waals surface area contributed by atoms with E-state index >= 15 is 0 Å². The summed E-state index contributed by atoms with van der Waals surface area (Å²) in [6.07, 6.45) is 1.48. The molecule has 1 heterocycles. The SMILES string of the molecule is CN(C)CCCN1C(=O)Cc2cc(N)ccc21. The van der Waals surface area contributed by atoms with Crippen molar-refractivity contribution < 1.29 is 4.79 Å². The predicted molar refractivity (Wildman–Crippen MR) is 70.1 cm³/mol. The standard InChI is InChI=1S/C13H19N3O/c1-15(2)6-3-7-16-12-5-4-11(14)8-10(12)9-13(16)17/h4-5,8H,3,6-7,9,14H2,1-2H3. The largest absolute Gasteiger partial charge is 0.399 e. The van der Waals surface area contributed by atoms with Gasteiger partial charge in [0.05, 0.1) is 6.42 Å². The summed E-state index contributed by atoms with van der Waals surface area (Å²) >= 11 is 0. The van der Waals surface area contributed by atoms with Crippen molar-refractivity contribution in [3.63, 3.8) is 0 Å². The molecule has 1 aliphatic rings. The second-order valence-corrected chi connectivity index (χ2v) is 4.77. The van der Waals surface area contributed by atoms with Gasteiger partial charge in [-0.15, -0.1) is 0 Å². The van der Waals surface area contributed by atoms with Crippen LogP contribution in [0, 0.1) is 0 Å². The Morgan fingerprint density at radius 3 is 2.88 bits per heavy atom. The molecule has 0 aromatic heterocycles. The van der Waals surface area contributed by atoms with Crippen molar-refractivity contribution in [1.29, 1.82) is 0 Å². The van der Waals surface area contributed by atoms with Crippen molar-refractivity contribution in [3.05, 3.63) is 23.8 Å². The minimum absolute atomic E-state index is 0.185. The van der Waals surface area contributed by atoms with Gasteiger partial charge in [0.15, 0.2) is 0 Å². The second kappa shape index (κ2) is 4.75. The molecule has 2 N–H and O–H groups in total. The fourth-order valence-corrected chi connectivity index (χ4v) is 2.19. The minimum Gasteiger partial charge on any atom is -0.399 e. The number of carbonyl (C=O) groups excluding carboxylic acids is 1. The molecule has 0 fully saturated rings. The average Bonchev–Trinajstić information content (AvgIpc) is 2.54. The maximum atomic E-state index is 11.9. The van der Waals surface area contributed by atoms with Gasteiger partial charge >= 0.3 is 0 Å². The lowest BCUT2D eigenvalue weighted by atomic mass is 10.1. The molecule has 1 aromatic rings. The van der Waals surface area contributed by atoms with E-state index in [0.717, 1.165) is 36.4 Å². The Labute approximate surface area is 102 Å². The molecular formula is C13H19N3O. The number of amides is 1. The zero-order valence-corrected chi connectivity index (χ0v) is 10.4. The lowest BCUT2D eigenvalue weighted by Gasteiger charge is -2.18. The van der Waals surface area contributed by atoms with Crippen LogP contribution in [-0.2, 0) is 11.2 Å². The van der Waals surface area contributed by atoms with Gasteiger partial charge in [0.1, 0.15) is 0 Å². The summed E-state index contributed by atoms with van der Waals surface area (Å²) in [6, 6.07) is 5.71. The number of hydrogen-bond donors (Lipinski definition) is 1. The molecule has 1 aliphatic heterocycles. The highest BCUT2D eigenvalue weighted by atomic mass is 16.2. The number of nitrogens with two attached hydrogens (primary N) is 1. The zero-order valence-electron chi connectivity index (χ0n) is 10.4. The molecule has 0 radical (unpaired) electrons. The van der Waals surface area contributed by atoms with Crippen molar-refractivity contribution in [2.75, 3.05) is 37.8 Å². The Hall–Kier alpha value is -1.55. The van der Waals surface area contributed by atoms with Crippen LogP contribution in [0.5, 0.6) is 0 Å². The molecule has 92 valence electrons. The van der Waals surface area contributed by atoms with E-state index in [0.29, 0.717) is 6.42 Å². The summed E-state index contributed by atoms with van der Waals surface area (Å²) < 4.78 is 0. The number of fused-ring (bicyclic) bond motifs is 1. The van der Waals surface area contributed by atoms with Crippen LogP contribution in [0.4, 0.5) is 11.4 Å². The molecule has 0 saturated carbocycles. The van der Waals surface area contributed by atoms with Crippen molar-refractivity contribution in [2.24, 2.45) is 0 Å². The van der Waals surface area contributed by atoms with Crippen LogP contribution >= 0.6 is 0 Å². The maximum absolute atomic E-state index is 11.9. The first kappa shape index (κ1) is 11.9. The number of nitrogens with zero attached hydrogens (tertiary/aromatic N) is 2. The third-order valence-corrected chi connectivity index (χ3v) is 3.02. The van der Waals surface area contributed by atoms with Gasteiger partial charge in [-0.05, 0) is 50.8 Å². The molecule has 0 aliphatic carbocycles. The van der Waals surface area contributed by atoms with E-state index in [1.807, 2.05) is 37.2 Å². The summed E-state index contributed by atoms with van der Waals surface area (Å²) in [5.41, 5.74) is 8.54. The summed E-state index contributed by atoms with van der Waals surface area (Å²) in [7, 11) is 4.08. The van der Waals surface area contributed by atoms with Crippen LogP contribution in [0.2, 0.25) is 0 Å². The molecule has 0 bridgehead atoms. The van der Waals surface area contributed by atoms with Crippen LogP contribution in [-0.4, -0.2) is 38.0 Å². The Bertz CT molecular complexity index is 429. The molecule has 4 heteroatoms. The third kappa shape index (κ3) is 2.58. The van der Waals surface area contributed by atoms with Gasteiger partial charge < -0.3 is 15.5 Å². The number of anilines is 2. The van der Waals surface area contributed by atoms with E-state index in [1.54, 1.807) is 0 Å². The lowest BCUT2D eigenvalue weighted by Crippen LogP contribution is -2.29. The predicted octanol–water partition coefficient (Wildman–Crippen LogP) is 1.11. The summed E-state index contributed by atoms with van der Waals surface area (Å²) in [4.78, 5) is 15.9. The molecule has 0 saturated heterocycles. The van der Waals surface area contributed by atoms with Crippen molar-refractivity contribution in [2.45, 2.75) is 12.8 Å². The topological polar surface area (TPSA) is 49.6 Å². The van der Waals surface area contributed by atoms with Crippen LogP contribution in [0.25, 0.3) is 0 Å². The highest BCUT2D eigenvalue weighted by Crippen LogP contribution is 2.30. The van der Waals surface area contributed by atoms with Gasteiger partial charge in [0, 0.05) is 17.9 Å². The van der Waals surface area contributed by atoms with Gasteiger partial charge in [-0.2, -0.15) is 0 Å². The number of nitrogen functional groups attached to an aromatic ring is 1. The van der Waals surface area contributed by atoms with E-state index in [2.05, 4.69) is 4.90 Å². The highest BCUT2D eigenvalue weighted by molar-refractivity contribution is 6.01. The Balaban J connectivity index is 2.07. The molecule has 4 nitrogen and oxygen atoms in total. The quantitative estimate of drug-likeness (QED) is 0.793. The Morgan fingerprint density at radius 2 is 2.18 bits per heavy atom. The van der Waals surface area contributed by atoms with E-state index in [1.165, 1.54) is 0 Å². The van der Waals surface area contributed by atoms with Crippen LogP contribution < -0.4 is 10.6 Å². The highest BCUT2D eigenvalue weighted by Gasteiger charge is 2.26. The maximum Gasteiger partial charge on any atom is 0.231 e. The van der Waals surface area contributed by atoms with Gasteiger partial charge in [-0.25, -0.2) is 0 Å². The molecule has 0 atom stereocenters. The smallest absolute Gasteiger partial charge is 0.231 e. The molecule has 1 aromatic carbocycles. The van der Waals surface area contributed by atoms with E-state index in [-0.39, 0.29) is 5.91 Å². The average molecular weight is 233 g/mol. The first-order valence-electron chi connectivity index (χ1n) is 5.91.